The van der Waals surface area contributed by atoms with Crippen LogP contribution in [0.2, 0.25) is 0 Å². The number of carboxylic acids is 1. The molecule has 0 radical (unpaired) electrons. The lowest BCUT2D eigenvalue weighted by Gasteiger charge is -2.14. The van der Waals surface area contributed by atoms with E-state index < -0.39 is 23.3 Å². The zero-order chi connectivity index (χ0) is 17.9. The van der Waals surface area contributed by atoms with Crippen molar-refractivity contribution in [3.63, 3.8) is 0 Å². The Balaban J connectivity index is 2.11. The van der Waals surface area contributed by atoms with Gasteiger partial charge in [-0.3, -0.25) is 24.3 Å². The van der Waals surface area contributed by atoms with Gasteiger partial charge in [0.15, 0.2) is 0 Å². The second-order valence-electron chi connectivity index (χ2n) is 5.37. The molecule has 0 atom stereocenters. The van der Waals surface area contributed by atoms with Crippen LogP contribution in [0.5, 0.6) is 0 Å². The first-order chi connectivity index (χ1) is 11.9. The van der Waals surface area contributed by atoms with E-state index >= 15 is 0 Å². The van der Waals surface area contributed by atoms with Gasteiger partial charge in [-0.1, -0.05) is 0 Å². The van der Waals surface area contributed by atoms with Crippen LogP contribution in [-0.2, 0) is 0 Å². The van der Waals surface area contributed by atoms with Gasteiger partial charge < -0.3 is 15.8 Å². The van der Waals surface area contributed by atoms with Gasteiger partial charge in [0.05, 0.1) is 39.7 Å². The number of hydrogen-bond donors (Lipinski definition) is 4. The van der Waals surface area contributed by atoms with Crippen LogP contribution < -0.4 is 16.6 Å². The molecular weight excluding hydrogens is 330 g/mol. The molecule has 1 aliphatic rings. The average Bonchev–Trinajstić information content (AvgIpc) is 3.10. The minimum Gasteiger partial charge on any atom is -0.478 e. The Kier molecular flexibility index (Phi) is 2.79. The number of imidazole rings is 1. The summed E-state index contributed by atoms with van der Waals surface area (Å²) in [5.74, 6) is -3.08. The highest BCUT2D eigenvalue weighted by molar-refractivity contribution is 6.23. The normalized spacial score (nSPS) is 13.1. The lowest BCUT2D eigenvalue weighted by Crippen LogP contribution is -2.25. The van der Waals surface area contributed by atoms with E-state index in [2.05, 4.69) is 9.97 Å². The number of rotatable bonds is 2. The molecule has 0 fully saturated rings. The number of aromatic amines is 1. The highest BCUT2D eigenvalue weighted by Crippen LogP contribution is 2.26. The predicted molar refractivity (Wildman–Crippen MR) is 84.9 cm³/mol. The molecule has 0 bridgehead atoms. The van der Waals surface area contributed by atoms with Gasteiger partial charge >= 0.3 is 5.97 Å². The van der Waals surface area contributed by atoms with Gasteiger partial charge in [-0.25, -0.2) is 9.78 Å². The smallest absolute Gasteiger partial charge is 0.337 e. The minimum absolute atomic E-state index is 0.0513. The quantitative estimate of drug-likeness (QED) is 0.473. The van der Waals surface area contributed by atoms with Gasteiger partial charge in [0, 0.05) is 6.07 Å². The van der Waals surface area contributed by atoms with E-state index in [4.69, 9.17) is 5.73 Å². The van der Waals surface area contributed by atoms with Crippen LogP contribution in [0.4, 0.5) is 5.82 Å². The third-order valence-electron chi connectivity index (χ3n) is 3.96. The first-order valence-electron chi connectivity index (χ1n) is 7.00. The molecule has 25 heavy (non-hydrogen) atoms. The number of hydrogen-bond acceptors (Lipinski definition) is 6. The fraction of sp³-hybridized carbons (Fsp3) is 0. The molecule has 124 valence electrons. The number of benzene rings is 1. The number of H-pyrrole nitrogens is 1. The fourth-order valence-electron chi connectivity index (χ4n) is 2.86. The van der Waals surface area contributed by atoms with E-state index in [1.807, 2.05) is 5.32 Å². The molecule has 10 nitrogen and oxygen atoms in total. The van der Waals surface area contributed by atoms with Crippen LogP contribution in [0.25, 0.3) is 16.7 Å². The number of fused-ring (bicyclic) bond motifs is 2. The number of carbonyl (C=O) groups excluding carboxylic acids is 2. The molecule has 1 aromatic carbocycles. The van der Waals surface area contributed by atoms with Crippen LogP contribution in [0, 0.1) is 0 Å². The van der Waals surface area contributed by atoms with E-state index in [0.717, 1.165) is 10.6 Å². The van der Waals surface area contributed by atoms with Crippen molar-refractivity contribution in [2.75, 3.05) is 5.73 Å². The van der Waals surface area contributed by atoms with Gasteiger partial charge in [-0.05, 0) is 12.1 Å². The van der Waals surface area contributed by atoms with Crippen molar-refractivity contribution in [2.45, 2.75) is 0 Å². The number of imide groups is 1. The van der Waals surface area contributed by atoms with Crippen molar-refractivity contribution in [3.8, 4) is 5.69 Å². The maximum Gasteiger partial charge on any atom is 0.337 e. The number of amides is 2. The van der Waals surface area contributed by atoms with E-state index in [1.165, 1.54) is 18.5 Å². The lowest BCUT2D eigenvalue weighted by molar-refractivity contribution is 0.0696. The van der Waals surface area contributed by atoms with Crippen LogP contribution in [0.3, 0.4) is 0 Å². The van der Waals surface area contributed by atoms with Crippen molar-refractivity contribution in [2.24, 2.45) is 0 Å². The number of nitrogens with one attached hydrogen (secondary N) is 2. The summed E-state index contributed by atoms with van der Waals surface area (Å²) in [4.78, 5) is 54.5. The molecular formula is C15H9N5O5. The Morgan fingerprint density at radius 1 is 1.16 bits per heavy atom. The Labute approximate surface area is 137 Å². The number of aromatic nitrogens is 3. The molecule has 1 aliphatic heterocycles. The van der Waals surface area contributed by atoms with E-state index in [-0.39, 0.29) is 28.2 Å². The summed E-state index contributed by atoms with van der Waals surface area (Å²) in [7, 11) is 0. The second kappa shape index (κ2) is 4.77. The average molecular weight is 339 g/mol. The van der Waals surface area contributed by atoms with Gasteiger partial charge in [0.1, 0.15) is 5.82 Å². The maximum atomic E-state index is 12.5. The minimum atomic E-state index is -1.29. The predicted octanol–water partition coefficient (Wildman–Crippen LogP) is -0.122. The molecule has 3 aromatic rings. The molecule has 5 N–H and O–H groups in total. The number of carbonyl (C=O) groups is 3. The third kappa shape index (κ3) is 1.94. The Bertz CT molecular complexity index is 1170. The van der Waals surface area contributed by atoms with E-state index in [9.17, 15) is 24.3 Å². The number of nitrogens with two attached hydrogens (primary N) is 1. The monoisotopic (exact) mass is 339 g/mol. The van der Waals surface area contributed by atoms with E-state index in [1.54, 1.807) is 0 Å². The van der Waals surface area contributed by atoms with Crippen molar-refractivity contribution in [1.29, 1.82) is 0 Å². The SMILES string of the molecule is Nc1c2c(cc(=O)n1-c1cc3nc[nH]c3cc1C(=O)O)C(=O)NC2=O. The van der Waals surface area contributed by atoms with Crippen LogP contribution >= 0.6 is 0 Å². The number of aromatic carboxylic acids is 1. The highest BCUT2D eigenvalue weighted by atomic mass is 16.4. The van der Waals surface area contributed by atoms with Crippen LogP contribution in [-0.4, -0.2) is 37.4 Å². The molecule has 0 aliphatic carbocycles. The summed E-state index contributed by atoms with van der Waals surface area (Å²) < 4.78 is 0.884. The molecule has 2 amide bonds. The molecule has 2 aromatic heterocycles. The van der Waals surface area contributed by atoms with Gasteiger partial charge in [-0.15, -0.1) is 0 Å². The maximum absolute atomic E-state index is 12.5. The Hall–Kier alpha value is -3.95. The summed E-state index contributed by atoms with van der Waals surface area (Å²) in [6.45, 7) is 0. The summed E-state index contributed by atoms with van der Waals surface area (Å²) in [5, 5.41) is 11.5. The number of nitrogen functional groups attached to an aromatic ring is 1. The van der Waals surface area contributed by atoms with Gasteiger partial charge in [-0.2, -0.15) is 0 Å². The zero-order valence-corrected chi connectivity index (χ0v) is 12.4. The van der Waals surface area contributed by atoms with Gasteiger partial charge in [0.25, 0.3) is 17.4 Å². The van der Waals surface area contributed by atoms with Crippen molar-refractivity contribution in [3.05, 3.63) is 51.6 Å². The number of pyridine rings is 1. The lowest BCUT2D eigenvalue weighted by atomic mass is 10.1. The molecule has 0 saturated carbocycles. The number of carboxylic acid groups (broad SMARTS) is 1. The topological polar surface area (TPSA) is 160 Å². The fourth-order valence-corrected chi connectivity index (χ4v) is 2.86. The van der Waals surface area contributed by atoms with Crippen molar-refractivity contribution < 1.29 is 19.5 Å². The third-order valence-corrected chi connectivity index (χ3v) is 3.96. The standard InChI is InChI=1S/C15H9N5O5/c16-12-11-6(13(22)19-14(11)23)2-10(21)20(12)9-3-8-7(17-4-18-8)1-5(9)15(24)25/h1-4H,16H2,(H,17,18)(H,24,25)(H,19,22,23). The summed E-state index contributed by atoms with van der Waals surface area (Å²) in [6.07, 6.45) is 1.38. The summed E-state index contributed by atoms with van der Waals surface area (Å²) >= 11 is 0. The first kappa shape index (κ1) is 14.6. The van der Waals surface area contributed by atoms with Crippen LogP contribution in [0.15, 0.2) is 29.3 Å². The molecule has 3 heterocycles. The second-order valence-corrected chi connectivity index (χ2v) is 5.37. The molecule has 10 heteroatoms. The Morgan fingerprint density at radius 2 is 1.92 bits per heavy atom. The zero-order valence-electron chi connectivity index (χ0n) is 12.4. The van der Waals surface area contributed by atoms with E-state index in [0.29, 0.717) is 11.0 Å². The summed E-state index contributed by atoms with van der Waals surface area (Å²) in [6, 6.07) is 3.63. The largest absolute Gasteiger partial charge is 0.478 e. The van der Waals surface area contributed by atoms with Crippen molar-refractivity contribution in [1.82, 2.24) is 19.9 Å². The van der Waals surface area contributed by atoms with Gasteiger partial charge in [0.2, 0.25) is 0 Å². The van der Waals surface area contributed by atoms with Crippen molar-refractivity contribution >= 4 is 34.6 Å². The highest BCUT2D eigenvalue weighted by Gasteiger charge is 2.32. The number of anilines is 1. The first-order valence-corrected chi connectivity index (χ1v) is 7.00. The molecule has 0 unspecified atom stereocenters. The number of nitrogens with zero attached hydrogens (tertiary/aromatic N) is 2. The Morgan fingerprint density at radius 3 is 2.64 bits per heavy atom. The van der Waals surface area contributed by atoms with Crippen LogP contribution in [0.1, 0.15) is 31.1 Å². The molecule has 4 rings (SSSR count). The summed E-state index contributed by atoms with van der Waals surface area (Å²) in [5.41, 5.74) is 5.50. The molecule has 0 saturated heterocycles. The molecule has 0 spiro atoms.